The molecule has 5 nitrogen and oxygen atoms in total. The predicted octanol–water partition coefficient (Wildman–Crippen LogP) is 1.65. The normalized spacial score (nSPS) is 24.3. The van der Waals surface area contributed by atoms with E-state index in [0.717, 1.165) is 19.3 Å². The minimum absolute atomic E-state index is 0.0174. The third-order valence-electron chi connectivity index (χ3n) is 3.02. The van der Waals surface area contributed by atoms with Crippen molar-refractivity contribution >= 4 is 28.1 Å². The maximum absolute atomic E-state index is 12.0. The summed E-state index contributed by atoms with van der Waals surface area (Å²) in [5, 5.41) is 0.317. The molecule has 2 atom stereocenters. The molecule has 2 unspecified atom stereocenters. The number of aldehydes is 1. The fraction of sp³-hybridized carbons (Fsp3) is 0.545. The van der Waals surface area contributed by atoms with Crippen molar-refractivity contribution in [3.63, 3.8) is 0 Å². The molecule has 1 N–H and O–H groups in total. The smallest absolute Gasteiger partial charge is 0.274 e. The first kappa shape index (κ1) is 13.6. The van der Waals surface area contributed by atoms with Crippen LogP contribution in [0.1, 0.15) is 29.8 Å². The van der Waals surface area contributed by atoms with Crippen molar-refractivity contribution in [2.45, 2.75) is 35.6 Å². The summed E-state index contributed by atoms with van der Waals surface area (Å²) in [5.41, 5.74) is 0. The molecule has 0 aliphatic heterocycles. The Kier molecular flexibility index (Phi) is 4.14. The maximum atomic E-state index is 12.0. The van der Waals surface area contributed by atoms with E-state index in [9.17, 15) is 13.2 Å². The molecule has 7 heteroatoms. The monoisotopic (exact) mass is 289 g/mol. The van der Waals surface area contributed by atoms with Crippen LogP contribution >= 0.6 is 11.8 Å². The topological polar surface area (TPSA) is 76.4 Å². The summed E-state index contributed by atoms with van der Waals surface area (Å²) in [5.74, 6) is 0.0174. The maximum Gasteiger partial charge on any atom is 0.274 e. The fourth-order valence-corrected chi connectivity index (χ4v) is 4.10. The van der Waals surface area contributed by atoms with E-state index in [1.54, 1.807) is 11.8 Å². The first-order valence-electron chi connectivity index (χ1n) is 5.65. The number of hydrogen-bond acceptors (Lipinski definition) is 5. The van der Waals surface area contributed by atoms with Gasteiger partial charge in [-0.3, -0.25) is 4.79 Å². The van der Waals surface area contributed by atoms with Crippen LogP contribution in [0.2, 0.25) is 0 Å². The first-order chi connectivity index (χ1) is 8.55. The van der Waals surface area contributed by atoms with E-state index in [4.69, 9.17) is 4.42 Å². The van der Waals surface area contributed by atoms with Gasteiger partial charge in [0.1, 0.15) is 0 Å². The van der Waals surface area contributed by atoms with Crippen LogP contribution in [0.25, 0.3) is 0 Å². The summed E-state index contributed by atoms with van der Waals surface area (Å²) in [6, 6.07) is 2.60. The van der Waals surface area contributed by atoms with E-state index in [2.05, 4.69) is 4.72 Å². The lowest BCUT2D eigenvalue weighted by Gasteiger charge is -2.11. The van der Waals surface area contributed by atoms with Gasteiger partial charge in [0.15, 0.2) is 12.0 Å². The molecule has 0 bridgehead atoms. The Hall–Kier alpha value is -0.790. The highest BCUT2D eigenvalue weighted by atomic mass is 32.2. The molecule has 0 spiro atoms. The molecule has 1 aliphatic carbocycles. The number of carbonyl (C=O) groups is 1. The van der Waals surface area contributed by atoms with Crippen LogP contribution in [0.4, 0.5) is 0 Å². The van der Waals surface area contributed by atoms with E-state index >= 15 is 0 Å². The zero-order valence-corrected chi connectivity index (χ0v) is 11.6. The lowest BCUT2D eigenvalue weighted by Crippen LogP contribution is -2.32. The number of hydrogen-bond donors (Lipinski definition) is 1. The molecule has 1 aliphatic rings. The van der Waals surface area contributed by atoms with Crippen LogP contribution in [-0.4, -0.2) is 32.3 Å². The van der Waals surface area contributed by atoms with Crippen molar-refractivity contribution in [3.05, 3.63) is 17.9 Å². The van der Waals surface area contributed by atoms with Crippen LogP contribution in [-0.2, 0) is 10.0 Å². The quantitative estimate of drug-likeness (QED) is 0.834. The van der Waals surface area contributed by atoms with E-state index in [-0.39, 0.29) is 16.9 Å². The standard InChI is InChI=1S/C11H15NO4S2/c1-17-10-4-2-8(6-10)12-18(14,15)11-5-3-9(7-13)16-11/h3,5,7-8,10,12H,2,4,6H2,1H3. The highest BCUT2D eigenvalue weighted by molar-refractivity contribution is 7.99. The molecule has 18 heavy (non-hydrogen) atoms. The van der Waals surface area contributed by atoms with Gasteiger partial charge in [-0.15, -0.1) is 0 Å². The average molecular weight is 289 g/mol. The third-order valence-corrected chi connectivity index (χ3v) is 5.51. The molecule has 0 saturated heterocycles. The van der Waals surface area contributed by atoms with Gasteiger partial charge in [-0.05, 0) is 37.7 Å². The second kappa shape index (κ2) is 5.46. The van der Waals surface area contributed by atoms with Crippen LogP contribution in [0.3, 0.4) is 0 Å². The Morgan fingerprint density at radius 3 is 2.78 bits per heavy atom. The SMILES string of the molecule is CSC1CCC(NS(=O)(=O)c2ccc(C=O)o2)C1. The van der Waals surface area contributed by atoms with Gasteiger partial charge in [-0.1, -0.05) is 0 Å². The van der Waals surface area contributed by atoms with Gasteiger partial charge in [0.2, 0.25) is 5.09 Å². The molecule has 100 valence electrons. The van der Waals surface area contributed by atoms with E-state index in [1.807, 2.05) is 6.26 Å². The minimum atomic E-state index is -3.65. The van der Waals surface area contributed by atoms with Gasteiger partial charge in [-0.2, -0.15) is 11.8 Å². The van der Waals surface area contributed by atoms with Gasteiger partial charge in [0.05, 0.1) is 0 Å². The number of sulfonamides is 1. The lowest BCUT2D eigenvalue weighted by molar-refractivity contribution is 0.109. The largest absolute Gasteiger partial charge is 0.440 e. The molecule has 2 rings (SSSR count). The zero-order valence-electron chi connectivity index (χ0n) is 9.96. The molecular weight excluding hydrogens is 274 g/mol. The van der Waals surface area contributed by atoms with Crippen molar-refractivity contribution in [3.8, 4) is 0 Å². The van der Waals surface area contributed by atoms with Crippen LogP contribution in [0.5, 0.6) is 0 Å². The van der Waals surface area contributed by atoms with Crippen molar-refractivity contribution in [1.82, 2.24) is 4.72 Å². The average Bonchev–Trinajstić information content (AvgIpc) is 2.96. The number of furan rings is 1. The van der Waals surface area contributed by atoms with Crippen LogP contribution in [0, 0.1) is 0 Å². The summed E-state index contributed by atoms with van der Waals surface area (Å²) in [6.07, 6.45) is 5.21. The Labute approximate surface area is 110 Å². The Bertz CT molecular complexity index is 523. The third kappa shape index (κ3) is 2.96. The van der Waals surface area contributed by atoms with Gasteiger partial charge in [0.25, 0.3) is 10.0 Å². The van der Waals surface area contributed by atoms with Crippen LogP contribution < -0.4 is 4.72 Å². The highest BCUT2D eigenvalue weighted by Crippen LogP contribution is 2.29. The molecule has 0 radical (unpaired) electrons. The summed E-state index contributed by atoms with van der Waals surface area (Å²) >= 11 is 1.76. The zero-order chi connectivity index (χ0) is 13.2. The Morgan fingerprint density at radius 1 is 1.44 bits per heavy atom. The number of carbonyl (C=O) groups excluding carboxylic acids is 1. The Balaban J connectivity index is 2.06. The molecule has 1 saturated carbocycles. The molecule has 1 aromatic heterocycles. The number of nitrogens with one attached hydrogen (secondary N) is 1. The Morgan fingerprint density at radius 2 is 2.22 bits per heavy atom. The van der Waals surface area contributed by atoms with Gasteiger partial charge >= 0.3 is 0 Å². The lowest BCUT2D eigenvalue weighted by atomic mass is 10.3. The molecular formula is C11H15NO4S2. The van der Waals surface area contributed by atoms with Crippen molar-refractivity contribution in [2.24, 2.45) is 0 Å². The van der Waals surface area contributed by atoms with Crippen LogP contribution in [0.15, 0.2) is 21.6 Å². The van der Waals surface area contributed by atoms with E-state index < -0.39 is 10.0 Å². The van der Waals surface area contributed by atoms with Crippen molar-refractivity contribution in [1.29, 1.82) is 0 Å². The fourth-order valence-electron chi connectivity index (χ4n) is 2.08. The summed E-state index contributed by atoms with van der Waals surface area (Å²) in [6.45, 7) is 0. The summed E-state index contributed by atoms with van der Waals surface area (Å²) in [4.78, 5) is 10.5. The first-order valence-corrected chi connectivity index (χ1v) is 8.42. The molecule has 0 amide bonds. The van der Waals surface area contributed by atoms with Gasteiger partial charge in [0, 0.05) is 11.3 Å². The summed E-state index contributed by atoms with van der Waals surface area (Å²) in [7, 11) is -3.65. The van der Waals surface area contributed by atoms with Gasteiger partial charge < -0.3 is 4.42 Å². The second-order valence-corrected chi connectivity index (χ2v) is 7.05. The minimum Gasteiger partial charge on any atom is -0.440 e. The number of rotatable bonds is 5. The predicted molar refractivity (Wildman–Crippen MR) is 69.4 cm³/mol. The van der Waals surface area contributed by atoms with E-state index in [1.165, 1.54) is 12.1 Å². The highest BCUT2D eigenvalue weighted by Gasteiger charge is 2.29. The second-order valence-electron chi connectivity index (χ2n) is 4.26. The molecule has 1 heterocycles. The summed E-state index contributed by atoms with van der Waals surface area (Å²) < 4.78 is 31.5. The van der Waals surface area contributed by atoms with E-state index in [0.29, 0.717) is 11.5 Å². The number of thioether (sulfide) groups is 1. The molecule has 0 aromatic carbocycles. The van der Waals surface area contributed by atoms with Gasteiger partial charge in [-0.25, -0.2) is 13.1 Å². The van der Waals surface area contributed by atoms with Crippen molar-refractivity contribution < 1.29 is 17.6 Å². The molecule has 1 aromatic rings. The van der Waals surface area contributed by atoms with Crippen molar-refractivity contribution in [2.75, 3.05) is 6.26 Å². The molecule has 1 fully saturated rings.